The van der Waals surface area contributed by atoms with Crippen molar-refractivity contribution in [3.63, 3.8) is 0 Å². The molecule has 0 aliphatic carbocycles. The van der Waals surface area contributed by atoms with E-state index >= 15 is 0 Å². The first-order valence-corrected chi connectivity index (χ1v) is 12.4. The summed E-state index contributed by atoms with van der Waals surface area (Å²) in [6, 6.07) is 17.7. The van der Waals surface area contributed by atoms with E-state index in [9.17, 15) is 27.9 Å². The van der Waals surface area contributed by atoms with Crippen molar-refractivity contribution in [2.75, 3.05) is 0 Å². The molecule has 0 bridgehead atoms. The number of hydrogen-bond acceptors (Lipinski definition) is 6. The summed E-state index contributed by atoms with van der Waals surface area (Å²) in [5, 5.41) is 11.5. The number of benzene rings is 2. The highest BCUT2D eigenvalue weighted by atomic mass is 32.1. The van der Waals surface area contributed by atoms with E-state index in [1.807, 2.05) is 30.3 Å². The number of nitrogens with zero attached hydrogens (tertiary/aromatic N) is 3. The third-order valence-electron chi connectivity index (χ3n) is 6.15. The lowest BCUT2D eigenvalue weighted by atomic mass is 9.98. The standard InChI is InChI=1S/C28H20F3N3O3S/c1-16-25(38-26(33-16)18-9-3-2-4-10-18)23(35)21-22(20-12-5-6-13-32-20)34(27(37)24(21)36)15-17-8-7-11-19(14-17)28(29,30)31/h2-14,22,36H,15H2,1H3. The summed E-state index contributed by atoms with van der Waals surface area (Å²) in [4.78, 5) is 37.3. The molecule has 1 N–H and O–H groups in total. The van der Waals surface area contributed by atoms with E-state index in [4.69, 9.17) is 0 Å². The molecule has 1 unspecified atom stereocenters. The molecule has 5 rings (SSSR count). The van der Waals surface area contributed by atoms with Gasteiger partial charge in [-0.2, -0.15) is 13.2 Å². The molecule has 0 fully saturated rings. The van der Waals surface area contributed by atoms with E-state index in [1.54, 1.807) is 25.1 Å². The van der Waals surface area contributed by atoms with Gasteiger partial charge >= 0.3 is 6.18 Å². The Balaban J connectivity index is 1.55. The molecule has 38 heavy (non-hydrogen) atoms. The summed E-state index contributed by atoms with van der Waals surface area (Å²) in [7, 11) is 0. The zero-order valence-electron chi connectivity index (χ0n) is 19.9. The number of carbonyl (C=O) groups is 2. The highest BCUT2D eigenvalue weighted by molar-refractivity contribution is 7.17. The van der Waals surface area contributed by atoms with Crippen LogP contribution in [0.5, 0.6) is 0 Å². The van der Waals surface area contributed by atoms with Gasteiger partial charge in [-0.25, -0.2) is 4.98 Å². The second-order valence-corrected chi connectivity index (χ2v) is 9.68. The number of hydrogen-bond donors (Lipinski definition) is 1. The predicted molar refractivity (Wildman–Crippen MR) is 135 cm³/mol. The number of Topliss-reactive ketones (excluding diaryl/α,β-unsaturated/α-hetero) is 1. The Hall–Kier alpha value is -4.31. The van der Waals surface area contributed by atoms with Crippen molar-refractivity contribution in [3.05, 3.63) is 118 Å². The van der Waals surface area contributed by atoms with Gasteiger partial charge < -0.3 is 10.0 Å². The van der Waals surface area contributed by atoms with Crippen LogP contribution in [-0.4, -0.2) is 31.7 Å². The van der Waals surface area contributed by atoms with Crippen molar-refractivity contribution < 1.29 is 27.9 Å². The van der Waals surface area contributed by atoms with E-state index in [0.29, 0.717) is 16.4 Å². The number of alkyl halides is 3. The second-order valence-electron chi connectivity index (χ2n) is 8.68. The van der Waals surface area contributed by atoms with Crippen LogP contribution < -0.4 is 0 Å². The Labute approximate surface area is 219 Å². The van der Waals surface area contributed by atoms with Crippen molar-refractivity contribution in [2.45, 2.75) is 25.7 Å². The Bertz CT molecular complexity index is 1550. The zero-order chi connectivity index (χ0) is 27.0. The monoisotopic (exact) mass is 535 g/mol. The Morgan fingerprint density at radius 1 is 1.05 bits per heavy atom. The maximum absolute atomic E-state index is 13.8. The third kappa shape index (κ3) is 4.70. The van der Waals surface area contributed by atoms with E-state index in [2.05, 4.69) is 9.97 Å². The van der Waals surface area contributed by atoms with Gasteiger partial charge in [-0.15, -0.1) is 11.3 Å². The number of aliphatic hydroxyl groups excluding tert-OH is 1. The first-order valence-electron chi connectivity index (χ1n) is 11.5. The Morgan fingerprint density at radius 3 is 2.47 bits per heavy atom. The minimum Gasteiger partial charge on any atom is -0.503 e. The maximum atomic E-state index is 13.8. The number of amides is 1. The maximum Gasteiger partial charge on any atom is 0.416 e. The fourth-order valence-electron chi connectivity index (χ4n) is 4.37. The average molecular weight is 536 g/mol. The van der Waals surface area contributed by atoms with Crippen LogP contribution in [0.25, 0.3) is 10.6 Å². The lowest BCUT2D eigenvalue weighted by Gasteiger charge is -2.26. The molecule has 1 atom stereocenters. The number of ketones is 1. The molecule has 1 aliphatic heterocycles. The number of aromatic nitrogens is 2. The van der Waals surface area contributed by atoms with Crippen LogP contribution in [0.2, 0.25) is 0 Å². The van der Waals surface area contributed by atoms with E-state index < -0.39 is 35.2 Å². The van der Waals surface area contributed by atoms with Gasteiger partial charge in [0.1, 0.15) is 11.0 Å². The van der Waals surface area contributed by atoms with Crippen LogP contribution in [0.4, 0.5) is 13.2 Å². The van der Waals surface area contributed by atoms with E-state index in [0.717, 1.165) is 33.9 Å². The molecular formula is C28H20F3N3O3S. The summed E-state index contributed by atoms with van der Waals surface area (Å²) in [5.41, 5.74) is 0.683. The van der Waals surface area contributed by atoms with Crippen molar-refractivity contribution in [1.82, 2.24) is 14.9 Å². The van der Waals surface area contributed by atoms with Gasteiger partial charge in [0, 0.05) is 18.3 Å². The molecule has 4 aromatic rings. The fraction of sp³-hybridized carbons (Fsp3) is 0.143. The Kier molecular flexibility index (Phi) is 6.58. The molecule has 1 amide bonds. The highest BCUT2D eigenvalue weighted by Gasteiger charge is 2.45. The molecule has 1 aliphatic rings. The van der Waals surface area contributed by atoms with Crippen molar-refractivity contribution in [2.24, 2.45) is 0 Å². The molecule has 0 saturated heterocycles. The Morgan fingerprint density at radius 2 is 1.79 bits per heavy atom. The minimum atomic E-state index is -4.56. The van der Waals surface area contributed by atoms with Gasteiger partial charge in [-0.05, 0) is 36.8 Å². The van der Waals surface area contributed by atoms with E-state index in [1.165, 1.54) is 18.3 Å². The quantitative estimate of drug-likeness (QED) is 0.293. The first kappa shape index (κ1) is 25.3. The molecule has 192 valence electrons. The van der Waals surface area contributed by atoms with Crippen LogP contribution >= 0.6 is 11.3 Å². The van der Waals surface area contributed by atoms with Gasteiger partial charge in [-0.3, -0.25) is 14.6 Å². The molecule has 10 heteroatoms. The van der Waals surface area contributed by atoms with Crippen LogP contribution in [0.15, 0.2) is 90.3 Å². The van der Waals surface area contributed by atoms with Crippen molar-refractivity contribution >= 4 is 23.0 Å². The smallest absolute Gasteiger partial charge is 0.416 e. The van der Waals surface area contributed by atoms with Gasteiger partial charge in [0.2, 0.25) is 5.78 Å². The molecule has 0 spiro atoms. The highest BCUT2D eigenvalue weighted by Crippen LogP contribution is 2.41. The molecule has 2 aromatic carbocycles. The lowest BCUT2D eigenvalue weighted by molar-refractivity contribution is -0.137. The number of halogens is 3. The normalized spacial score (nSPS) is 15.8. The SMILES string of the molecule is Cc1nc(-c2ccccc2)sc1C(=O)C1=C(O)C(=O)N(Cc2cccc(C(F)(F)F)c2)C1c1ccccn1. The summed E-state index contributed by atoms with van der Waals surface area (Å²) in [5.74, 6) is -2.21. The number of aliphatic hydroxyl groups is 1. The average Bonchev–Trinajstić information content (AvgIpc) is 3.42. The van der Waals surface area contributed by atoms with E-state index in [-0.39, 0.29) is 22.6 Å². The summed E-state index contributed by atoms with van der Waals surface area (Å²) in [6.07, 6.45) is -3.09. The van der Waals surface area contributed by atoms with Gasteiger partial charge in [-0.1, -0.05) is 48.5 Å². The number of thiazole rings is 1. The van der Waals surface area contributed by atoms with Crippen molar-refractivity contribution in [3.8, 4) is 10.6 Å². The minimum absolute atomic E-state index is 0.188. The third-order valence-corrected chi connectivity index (χ3v) is 7.35. The number of carbonyl (C=O) groups excluding carboxylic acids is 2. The predicted octanol–water partition coefficient (Wildman–Crippen LogP) is 6.31. The topological polar surface area (TPSA) is 83.4 Å². The number of rotatable bonds is 6. The molecule has 2 aromatic heterocycles. The summed E-state index contributed by atoms with van der Waals surface area (Å²) >= 11 is 1.14. The van der Waals surface area contributed by atoms with Crippen LogP contribution in [0.1, 0.15) is 38.2 Å². The molecule has 0 radical (unpaired) electrons. The number of pyridine rings is 1. The second kappa shape index (κ2) is 9.86. The fourth-order valence-corrected chi connectivity index (χ4v) is 5.40. The molecule has 0 saturated carbocycles. The van der Waals surface area contributed by atoms with Gasteiger partial charge in [0.15, 0.2) is 5.76 Å². The zero-order valence-corrected chi connectivity index (χ0v) is 20.8. The molecule has 3 heterocycles. The number of aryl methyl sites for hydroxylation is 1. The van der Waals surface area contributed by atoms with Crippen molar-refractivity contribution in [1.29, 1.82) is 0 Å². The van der Waals surface area contributed by atoms with Crippen LogP contribution in [0.3, 0.4) is 0 Å². The van der Waals surface area contributed by atoms with Gasteiger partial charge in [0.05, 0.1) is 27.4 Å². The lowest BCUT2D eigenvalue weighted by Crippen LogP contribution is -2.31. The van der Waals surface area contributed by atoms with Gasteiger partial charge in [0.25, 0.3) is 5.91 Å². The molecule has 6 nitrogen and oxygen atoms in total. The van der Waals surface area contributed by atoms with Crippen LogP contribution in [0, 0.1) is 6.92 Å². The largest absolute Gasteiger partial charge is 0.503 e. The molecular weight excluding hydrogens is 515 g/mol. The van der Waals surface area contributed by atoms with Crippen LogP contribution in [-0.2, 0) is 17.5 Å². The first-order chi connectivity index (χ1) is 18.1. The summed E-state index contributed by atoms with van der Waals surface area (Å²) in [6.45, 7) is 1.39. The summed E-state index contributed by atoms with van der Waals surface area (Å²) < 4.78 is 39.9.